The van der Waals surface area contributed by atoms with Crippen LogP contribution < -0.4 is 16.0 Å². The van der Waals surface area contributed by atoms with Gasteiger partial charge in [-0.05, 0) is 29.8 Å². The van der Waals surface area contributed by atoms with E-state index >= 15 is 0 Å². The van der Waals surface area contributed by atoms with Gasteiger partial charge in [-0.1, -0.05) is 30.3 Å². The number of pyridine rings is 1. The lowest BCUT2D eigenvalue weighted by Crippen LogP contribution is -2.16. The minimum atomic E-state index is -3.83. The van der Waals surface area contributed by atoms with Crippen LogP contribution in [0.4, 0.5) is 11.5 Å². The van der Waals surface area contributed by atoms with Crippen LogP contribution in [0.1, 0.15) is 11.1 Å². The van der Waals surface area contributed by atoms with Gasteiger partial charge in [-0.25, -0.2) is 8.42 Å². The number of rotatable bonds is 4. The Morgan fingerprint density at radius 3 is 2.29 bits per heavy atom. The second kappa shape index (κ2) is 7.27. The fourth-order valence-electron chi connectivity index (χ4n) is 2.68. The molecular formula is C19H13N5O3S. The lowest BCUT2D eigenvalue weighted by Gasteiger charge is -2.12. The average molecular weight is 391 g/mol. The van der Waals surface area contributed by atoms with Crippen molar-refractivity contribution in [1.29, 1.82) is 10.5 Å². The topological polar surface area (TPSA) is 153 Å². The number of nitrogens with one attached hydrogen (secondary N) is 2. The number of H-pyrrole nitrogens is 1. The standard InChI is InChI=1S/C19H13N5O3S/c20-10-15-17(16(11-21)19(25)23-18(15)22)12-5-4-6-13(9-12)24-28(26,27)14-7-2-1-3-8-14/h1-9,24H,(H3,22,23,25). The van der Waals surface area contributed by atoms with E-state index in [0.717, 1.165) is 0 Å². The van der Waals surface area contributed by atoms with E-state index in [2.05, 4.69) is 9.71 Å². The Bertz CT molecular complexity index is 1300. The largest absolute Gasteiger partial charge is 0.384 e. The molecule has 0 aliphatic carbocycles. The molecule has 0 unspecified atom stereocenters. The third-order valence-electron chi connectivity index (χ3n) is 3.93. The number of benzene rings is 2. The Labute approximate surface area is 160 Å². The Morgan fingerprint density at radius 1 is 0.964 bits per heavy atom. The van der Waals surface area contributed by atoms with Crippen molar-refractivity contribution in [3.8, 4) is 23.3 Å². The molecule has 28 heavy (non-hydrogen) atoms. The molecule has 9 heteroatoms. The summed E-state index contributed by atoms with van der Waals surface area (Å²) in [7, 11) is -3.83. The highest BCUT2D eigenvalue weighted by atomic mass is 32.2. The molecule has 0 saturated carbocycles. The number of sulfonamides is 1. The number of aromatic amines is 1. The van der Waals surface area contributed by atoms with Gasteiger partial charge in [-0.15, -0.1) is 0 Å². The van der Waals surface area contributed by atoms with E-state index in [1.165, 1.54) is 30.3 Å². The van der Waals surface area contributed by atoms with Crippen LogP contribution in [0.5, 0.6) is 0 Å². The van der Waals surface area contributed by atoms with Gasteiger partial charge in [0.1, 0.15) is 29.1 Å². The first-order chi connectivity index (χ1) is 13.4. The molecule has 0 atom stereocenters. The van der Waals surface area contributed by atoms with Crippen LogP contribution in [0.3, 0.4) is 0 Å². The number of nitrogens with two attached hydrogens (primary N) is 1. The van der Waals surface area contributed by atoms with Crippen LogP contribution in [0.15, 0.2) is 64.3 Å². The monoisotopic (exact) mass is 391 g/mol. The van der Waals surface area contributed by atoms with Crippen molar-refractivity contribution >= 4 is 21.5 Å². The van der Waals surface area contributed by atoms with Gasteiger partial charge in [-0.2, -0.15) is 10.5 Å². The molecule has 1 aromatic heterocycles. The maximum Gasteiger partial charge on any atom is 0.268 e. The van der Waals surface area contributed by atoms with Crippen LogP contribution in [0, 0.1) is 22.7 Å². The van der Waals surface area contributed by atoms with Crippen molar-refractivity contribution in [3.05, 3.63) is 76.1 Å². The lowest BCUT2D eigenvalue weighted by molar-refractivity contribution is 0.601. The Kier molecular flexibility index (Phi) is 4.86. The SMILES string of the molecule is N#Cc1c(N)[nH]c(=O)c(C#N)c1-c1cccc(NS(=O)(=O)c2ccccc2)c1. The summed E-state index contributed by atoms with van der Waals surface area (Å²) in [5, 5.41) is 18.7. The summed E-state index contributed by atoms with van der Waals surface area (Å²) >= 11 is 0. The molecule has 4 N–H and O–H groups in total. The van der Waals surface area contributed by atoms with E-state index in [9.17, 15) is 23.7 Å². The summed E-state index contributed by atoms with van der Waals surface area (Å²) < 4.78 is 27.5. The Balaban J connectivity index is 2.13. The Hall–Kier alpha value is -4.08. The van der Waals surface area contributed by atoms with Crippen molar-refractivity contribution < 1.29 is 8.42 Å². The summed E-state index contributed by atoms with van der Waals surface area (Å²) in [5.74, 6) is -0.170. The molecule has 1 heterocycles. The molecule has 138 valence electrons. The fourth-order valence-corrected chi connectivity index (χ4v) is 3.75. The van der Waals surface area contributed by atoms with Crippen LogP contribution >= 0.6 is 0 Å². The first-order valence-electron chi connectivity index (χ1n) is 7.91. The summed E-state index contributed by atoms with van der Waals surface area (Å²) in [5.41, 5.74) is 5.18. The van der Waals surface area contributed by atoms with Gasteiger partial charge in [0.05, 0.1) is 4.90 Å². The van der Waals surface area contributed by atoms with Crippen molar-refractivity contribution in [3.63, 3.8) is 0 Å². The van der Waals surface area contributed by atoms with E-state index in [-0.39, 0.29) is 33.1 Å². The molecule has 0 amide bonds. The van der Waals surface area contributed by atoms with Crippen LogP contribution in [-0.4, -0.2) is 13.4 Å². The number of nitrogens with zero attached hydrogens (tertiary/aromatic N) is 2. The Morgan fingerprint density at radius 2 is 1.64 bits per heavy atom. The molecule has 0 bridgehead atoms. The van der Waals surface area contributed by atoms with Gasteiger partial charge in [0.2, 0.25) is 0 Å². The maximum absolute atomic E-state index is 12.5. The highest BCUT2D eigenvalue weighted by Gasteiger charge is 2.19. The number of hydrogen-bond acceptors (Lipinski definition) is 6. The molecule has 0 aliphatic rings. The minimum Gasteiger partial charge on any atom is -0.384 e. The normalized spacial score (nSPS) is 10.6. The summed E-state index contributed by atoms with van der Waals surface area (Å²) in [6.07, 6.45) is 0. The zero-order valence-electron chi connectivity index (χ0n) is 14.3. The average Bonchev–Trinajstić information content (AvgIpc) is 2.68. The molecule has 8 nitrogen and oxygen atoms in total. The summed E-state index contributed by atoms with van der Waals surface area (Å²) in [4.78, 5) is 14.4. The van der Waals surface area contributed by atoms with Gasteiger partial charge in [-0.3, -0.25) is 9.52 Å². The first kappa shape index (κ1) is 18.7. The van der Waals surface area contributed by atoms with Crippen LogP contribution in [0.25, 0.3) is 11.1 Å². The molecule has 0 fully saturated rings. The number of aromatic nitrogens is 1. The smallest absolute Gasteiger partial charge is 0.268 e. The zero-order valence-corrected chi connectivity index (χ0v) is 15.1. The second-order valence-corrected chi connectivity index (χ2v) is 7.40. The van der Waals surface area contributed by atoms with E-state index in [4.69, 9.17) is 5.73 Å². The molecule has 0 saturated heterocycles. The van der Waals surface area contributed by atoms with Crippen LogP contribution in [-0.2, 0) is 10.0 Å². The fraction of sp³-hybridized carbons (Fsp3) is 0. The van der Waals surface area contributed by atoms with Crippen LogP contribution in [0.2, 0.25) is 0 Å². The van der Waals surface area contributed by atoms with E-state index in [1.54, 1.807) is 30.3 Å². The lowest BCUT2D eigenvalue weighted by atomic mass is 9.96. The number of nitrogen functional groups attached to an aromatic ring is 1. The van der Waals surface area contributed by atoms with Gasteiger partial charge in [0.25, 0.3) is 15.6 Å². The minimum absolute atomic E-state index is 0.0482. The number of anilines is 2. The quantitative estimate of drug-likeness (QED) is 0.619. The first-order valence-corrected chi connectivity index (χ1v) is 9.40. The predicted octanol–water partition coefficient (Wildman–Crippen LogP) is 2.17. The third kappa shape index (κ3) is 3.43. The summed E-state index contributed by atoms with van der Waals surface area (Å²) in [6.45, 7) is 0. The molecule has 3 rings (SSSR count). The third-order valence-corrected chi connectivity index (χ3v) is 5.32. The maximum atomic E-state index is 12.5. The molecule has 0 spiro atoms. The van der Waals surface area contributed by atoms with Gasteiger partial charge >= 0.3 is 0 Å². The van der Waals surface area contributed by atoms with E-state index in [0.29, 0.717) is 5.56 Å². The molecule has 0 radical (unpaired) electrons. The zero-order chi connectivity index (χ0) is 20.3. The van der Waals surface area contributed by atoms with Crippen molar-refractivity contribution in [2.24, 2.45) is 0 Å². The molecule has 0 aliphatic heterocycles. The predicted molar refractivity (Wildman–Crippen MR) is 104 cm³/mol. The van der Waals surface area contributed by atoms with E-state index in [1.807, 2.05) is 6.07 Å². The van der Waals surface area contributed by atoms with Crippen molar-refractivity contribution in [2.45, 2.75) is 4.90 Å². The summed E-state index contributed by atoms with van der Waals surface area (Å²) in [6, 6.07) is 17.5. The highest BCUT2D eigenvalue weighted by Crippen LogP contribution is 2.30. The highest BCUT2D eigenvalue weighted by molar-refractivity contribution is 7.92. The molecular weight excluding hydrogens is 378 g/mol. The molecule has 2 aromatic carbocycles. The van der Waals surface area contributed by atoms with Crippen molar-refractivity contribution in [2.75, 3.05) is 10.5 Å². The second-order valence-electron chi connectivity index (χ2n) is 5.72. The van der Waals surface area contributed by atoms with Crippen molar-refractivity contribution in [1.82, 2.24) is 4.98 Å². The van der Waals surface area contributed by atoms with Gasteiger partial charge < -0.3 is 10.7 Å². The molecule has 3 aromatic rings. The number of hydrogen-bond donors (Lipinski definition) is 3. The van der Waals surface area contributed by atoms with Gasteiger partial charge in [0.15, 0.2) is 0 Å². The van der Waals surface area contributed by atoms with Gasteiger partial charge in [0, 0.05) is 11.3 Å². The number of nitriles is 2. The van der Waals surface area contributed by atoms with E-state index < -0.39 is 15.6 Å².